The molecule has 0 fully saturated rings. The first-order chi connectivity index (χ1) is 3.31. The van der Waals surface area contributed by atoms with Gasteiger partial charge in [0.2, 0.25) is 0 Å². The van der Waals surface area contributed by atoms with Gasteiger partial charge in [-0.1, -0.05) is 18.7 Å². The van der Waals surface area contributed by atoms with E-state index in [2.05, 4.69) is 6.58 Å². The molecule has 0 aromatic heterocycles. The summed E-state index contributed by atoms with van der Waals surface area (Å²) in [4.78, 5) is 0. The maximum Gasteiger partial charge on any atom is 0.0642 e. The van der Waals surface area contributed by atoms with E-state index in [4.69, 9.17) is 5.11 Å². The monoisotopic (exact) mass is 98.1 g/mol. The summed E-state index contributed by atoms with van der Waals surface area (Å²) in [5, 5.41) is 8.35. The fourth-order valence-corrected chi connectivity index (χ4v) is 0.254. The molecule has 0 aliphatic heterocycles. The van der Waals surface area contributed by atoms with Gasteiger partial charge in [-0.2, -0.15) is 0 Å². The lowest BCUT2D eigenvalue weighted by molar-refractivity contribution is 0.331. The van der Waals surface area contributed by atoms with Gasteiger partial charge in [-0.3, -0.25) is 0 Å². The van der Waals surface area contributed by atoms with E-state index in [-0.39, 0.29) is 6.61 Å². The minimum absolute atomic E-state index is 0.131. The van der Waals surface area contributed by atoms with Gasteiger partial charge in [-0.05, 0) is 12.5 Å². The van der Waals surface area contributed by atoms with Gasteiger partial charge in [0.25, 0.3) is 0 Å². The van der Waals surface area contributed by atoms with Crippen LogP contribution in [0.2, 0.25) is 0 Å². The van der Waals surface area contributed by atoms with Crippen LogP contribution in [-0.2, 0) is 0 Å². The molecule has 1 nitrogen and oxygen atoms in total. The molecule has 0 saturated heterocycles. The van der Waals surface area contributed by atoms with Crippen molar-refractivity contribution < 1.29 is 5.11 Å². The van der Waals surface area contributed by atoms with Gasteiger partial charge in [0.05, 0.1) is 6.61 Å². The van der Waals surface area contributed by atoms with Crippen LogP contribution in [0.5, 0.6) is 0 Å². The van der Waals surface area contributed by atoms with E-state index < -0.39 is 0 Å². The summed E-state index contributed by atoms with van der Waals surface area (Å²) in [5.41, 5.74) is 0.940. The van der Waals surface area contributed by atoms with Gasteiger partial charge in [-0.25, -0.2) is 0 Å². The van der Waals surface area contributed by atoms with Crippen molar-refractivity contribution in [3.63, 3.8) is 0 Å². The molecule has 0 aromatic carbocycles. The van der Waals surface area contributed by atoms with Crippen LogP contribution in [0.4, 0.5) is 0 Å². The quantitative estimate of drug-likeness (QED) is 0.513. The molecule has 1 N–H and O–H groups in total. The van der Waals surface area contributed by atoms with E-state index in [0.717, 1.165) is 5.57 Å². The van der Waals surface area contributed by atoms with Gasteiger partial charge in [-0.15, -0.1) is 0 Å². The second kappa shape index (κ2) is 3.62. The van der Waals surface area contributed by atoms with Crippen molar-refractivity contribution in [3.05, 3.63) is 24.3 Å². The highest BCUT2D eigenvalue weighted by Gasteiger charge is 1.76. The molecule has 0 unspecified atom stereocenters. The van der Waals surface area contributed by atoms with Crippen LogP contribution in [0.1, 0.15) is 6.92 Å². The molecule has 0 spiro atoms. The summed E-state index contributed by atoms with van der Waals surface area (Å²) in [6.45, 7) is 5.44. The first-order valence-electron chi connectivity index (χ1n) is 2.20. The zero-order chi connectivity index (χ0) is 5.70. The van der Waals surface area contributed by atoms with E-state index in [1.807, 2.05) is 6.92 Å². The van der Waals surface area contributed by atoms with E-state index in [9.17, 15) is 0 Å². The standard InChI is InChI=1S/C6H10O/c1-3-4-6(2)5-7/h3-4,7H,1,5H2,2H3/b6-4+. The minimum Gasteiger partial charge on any atom is -0.392 e. The average Bonchev–Trinajstić information content (AvgIpc) is 1.68. The normalized spacial score (nSPS) is 11.4. The summed E-state index contributed by atoms with van der Waals surface area (Å²) >= 11 is 0. The second-order valence-electron chi connectivity index (χ2n) is 1.41. The summed E-state index contributed by atoms with van der Waals surface area (Å²) in [6, 6.07) is 0. The predicted molar refractivity (Wildman–Crippen MR) is 31.0 cm³/mol. The molecule has 0 heterocycles. The van der Waals surface area contributed by atoms with E-state index in [0.29, 0.717) is 0 Å². The van der Waals surface area contributed by atoms with E-state index >= 15 is 0 Å². The molecule has 0 rings (SSSR count). The first-order valence-corrected chi connectivity index (χ1v) is 2.20. The third-order valence-corrected chi connectivity index (χ3v) is 0.652. The first kappa shape index (κ1) is 6.44. The zero-order valence-electron chi connectivity index (χ0n) is 4.52. The Bertz CT molecular complexity index is 82.2. The molecule has 40 valence electrons. The predicted octanol–water partition coefficient (Wildman–Crippen LogP) is 1.11. The number of allylic oxidation sites excluding steroid dienone is 2. The van der Waals surface area contributed by atoms with Crippen LogP contribution in [0.25, 0.3) is 0 Å². The Morgan fingerprint density at radius 3 is 2.57 bits per heavy atom. The van der Waals surface area contributed by atoms with Gasteiger partial charge < -0.3 is 5.11 Å². The summed E-state index contributed by atoms with van der Waals surface area (Å²) in [7, 11) is 0. The molecule has 0 radical (unpaired) electrons. The number of rotatable bonds is 2. The molecule has 0 amide bonds. The third kappa shape index (κ3) is 3.27. The number of aliphatic hydroxyl groups excluding tert-OH is 1. The maximum atomic E-state index is 8.35. The van der Waals surface area contributed by atoms with Crippen molar-refractivity contribution in [2.45, 2.75) is 6.92 Å². The smallest absolute Gasteiger partial charge is 0.0642 e. The number of hydrogen-bond donors (Lipinski definition) is 1. The fraction of sp³-hybridized carbons (Fsp3) is 0.333. The average molecular weight is 98.1 g/mol. The largest absolute Gasteiger partial charge is 0.392 e. The summed E-state index contributed by atoms with van der Waals surface area (Å²) in [5.74, 6) is 0. The number of aliphatic hydroxyl groups is 1. The van der Waals surface area contributed by atoms with E-state index in [1.165, 1.54) is 0 Å². The highest BCUT2D eigenvalue weighted by Crippen LogP contribution is 1.86. The molecule has 0 aliphatic rings. The second-order valence-corrected chi connectivity index (χ2v) is 1.41. The molecule has 1 heteroatoms. The topological polar surface area (TPSA) is 20.2 Å². The van der Waals surface area contributed by atoms with Crippen LogP contribution >= 0.6 is 0 Å². The minimum atomic E-state index is 0.131. The Morgan fingerprint density at radius 1 is 1.86 bits per heavy atom. The van der Waals surface area contributed by atoms with Crippen LogP contribution < -0.4 is 0 Å². The fourth-order valence-electron chi connectivity index (χ4n) is 0.254. The number of hydrogen-bond acceptors (Lipinski definition) is 1. The molecule has 0 bridgehead atoms. The summed E-state index contributed by atoms with van der Waals surface area (Å²) < 4.78 is 0. The lowest BCUT2D eigenvalue weighted by Crippen LogP contribution is -1.80. The zero-order valence-corrected chi connectivity index (χ0v) is 4.52. The molecular weight excluding hydrogens is 88.1 g/mol. The summed E-state index contributed by atoms with van der Waals surface area (Å²) in [6.07, 6.45) is 3.44. The Labute approximate surface area is 44.0 Å². The highest BCUT2D eigenvalue weighted by molar-refractivity contribution is 5.07. The van der Waals surface area contributed by atoms with Crippen molar-refractivity contribution in [3.8, 4) is 0 Å². The van der Waals surface area contributed by atoms with E-state index in [1.54, 1.807) is 12.2 Å². The highest BCUT2D eigenvalue weighted by atomic mass is 16.3. The molecule has 0 atom stereocenters. The van der Waals surface area contributed by atoms with Crippen LogP contribution in [0.15, 0.2) is 24.3 Å². The molecule has 0 aliphatic carbocycles. The molecule has 0 aromatic rings. The van der Waals surface area contributed by atoms with Crippen molar-refractivity contribution in [1.82, 2.24) is 0 Å². The van der Waals surface area contributed by atoms with Crippen molar-refractivity contribution in [2.75, 3.05) is 6.61 Å². The maximum absolute atomic E-state index is 8.35. The van der Waals surface area contributed by atoms with Gasteiger partial charge in [0.15, 0.2) is 0 Å². The van der Waals surface area contributed by atoms with Crippen molar-refractivity contribution >= 4 is 0 Å². The molecule has 7 heavy (non-hydrogen) atoms. The third-order valence-electron chi connectivity index (χ3n) is 0.652. The van der Waals surface area contributed by atoms with Gasteiger partial charge >= 0.3 is 0 Å². The Kier molecular flexibility index (Phi) is 3.33. The molecule has 0 saturated carbocycles. The van der Waals surface area contributed by atoms with Crippen LogP contribution in [-0.4, -0.2) is 11.7 Å². The Morgan fingerprint density at radius 2 is 2.43 bits per heavy atom. The van der Waals surface area contributed by atoms with Gasteiger partial charge in [0, 0.05) is 0 Å². The lowest BCUT2D eigenvalue weighted by atomic mass is 10.3. The Balaban J connectivity index is 3.49. The van der Waals surface area contributed by atoms with Crippen molar-refractivity contribution in [2.24, 2.45) is 0 Å². The van der Waals surface area contributed by atoms with Crippen LogP contribution in [0.3, 0.4) is 0 Å². The SMILES string of the molecule is C=C/C=C(\C)CO. The molecular formula is C6H10O. The van der Waals surface area contributed by atoms with Crippen LogP contribution in [0, 0.1) is 0 Å². The van der Waals surface area contributed by atoms with Gasteiger partial charge in [0.1, 0.15) is 0 Å². The van der Waals surface area contributed by atoms with Crippen molar-refractivity contribution in [1.29, 1.82) is 0 Å². The Hall–Kier alpha value is -0.560. The lowest BCUT2D eigenvalue weighted by Gasteiger charge is -1.85.